The zero-order valence-corrected chi connectivity index (χ0v) is 17.1. The number of imide groups is 1. The maximum absolute atomic E-state index is 12.3. The van der Waals surface area contributed by atoms with Gasteiger partial charge in [0, 0.05) is 16.7 Å². The van der Waals surface area contributed by atoms with Gasteiger partial charge >= 0.3 is 12.0 Å². The molecule has 0 bridgehead atoms. The van der Waals surface area contributed by atoms with Gasteiger partial charge in [0.15, 0.2) is 19.0 Å². The molecule has 0 atom stereocenters. The molecule has 2 aromatic rings. The molecular formula is C22H24N2O6. The van der Waals surface area contributed by atoms with Gasteiger partial charge in [-0.15, -0.1) is 0 Å². The van der Waals surface area contributed by atoms with Crippen LogP contribution in [0.15, 0.2) is 54.6 Å². The van der Waals surface area contributed by atoms with Crippen LogP contribution in [0.5, 0.6) is 5.75 Å². The summed E-state index contributed by atoms with van der Waals surface area (Å²) < 4.78 is 10.1. The molecule has 2 N–H and O–H groups in total. The summed E-state index contributed by atoms with van der Waals surface area (Å²) in [6.07, 6.45) is 0. The van der Waals surface area contributed by atoms with E-state index in [2.05, 4.69) is 10.6 Å². The van der Waals surface area contributed by atoms with Gasteiger partial charge in [0.2, 0.25) is 0 Å². The number of hydrogen-bond donors (Lipinski definition) is 2. The van der Waals surface area contributed by atoms with E-state index in [0.717, 1.165) is 0 Å². The third-order valence-corrected chi connectivity index (χ3v) is 3.61. The van der Waals surface area contributed by atoms with Crippen molar-refractivity contribution >= 4 is 23.7 Å². The van der Waals surface area contributed by atoms with Crippen LogP contribution in [0.25, 0.3) is 0 Å². The minimum Gasteiger partial charge on any atom is -0.482 e. The number of amides is 3. The minimum atomic E-state index is -0.772. The Bertz CT molecular complexity index is 901. The number of ketones is 1. The first-order chi connectivity index (χ1) is 14.1. The van der Waals surface area contributed by atoms with Crippen molar-refractivity contribution in [3.63, 3.8) is 0 Å². The molecule has 8 nitrogen and oxygen atoms in total. The van der Waals surface area contributed by atoms with Crippen LogP contribution in [0.4, 0.5) is 4.79 Å². The topological polar surface area (TPSA) is 111 Å². The van der Waals surface area contributed by atoms with Crippen LogP contribution in [0.1, 0.15) is 36.7 Å². The second kappa shape index (κ2) is 10.2. The summed E-state index contributed by atoms with van der Waals surface area (Å²) in [6, 6.07) is 14.5. The van der Waals surface area contributed by atoms with Crippen LogP contribution in [0.2, 0.25) is 0 Å². The second-order valence-electron chi connectivity index (χ2n) is 7.42. The molecule has 0 aliphatic carbocycles. The molecule has 0 spiro atoms. The Morgan fingerprint density at radius 1 is 0.833 bits per heavy atom. The van der Waals surface area contributed by atoms with Gasteiger partial charge in [0.05, 0.1) is 0 Å². The number of esters is 1. The number of rotatable bonds is 7. The summed E-state index contributed by atoms with van der Waals surface area (Å²) >= 11 is 0. The third-order valence-electron chi connectivity index (χ3n) is 3.61. The van der Waals surface area contributed by atoms with Crippen molar-refractivity contribution in [3.8, 4) is 5.75 Å². The highest BCUT2D eigenvalue weighted by Gasteiger charge is 2.16. The first-order valence-corrected chi connectivity index (χ1v) is 9.24. The molecule has 0 unspecified atom stereocenters. The Hall–Kier alpha value is -3.68. The van der Waals surface area contributed by atoms with E-state index in [4.69, 9.17) is 9.47 Å². The molecule has 2 rings (SSSR count). The fourth-order valence-corrected chi connectivity index (χ4v) is 2.32. The summed E-state index contributed by atoms with van der Waals surface area (Å²) in [6.45, 7) is 4.26. The SMILES string of the molecule is CC(C)(C)NC(=O)NC(=O)COC(=O)COc1ccc(C(=O)c2ccccc2)cc1. The van der Waals surface area contributed by atoms with E-state index in [1.807, 2.05) is 6.07 Å². The van der Waals surface area contributed by atoms with Crippen LogP contribution in [-0.4, -0.2) is 42.4 Å². The quantitative estimate of drug-likeness (QED) is 0.534. The van der Waals surface area contributed by atoms with Crippen LogP contribution < -0.4 is 15.4 Å². The van der Waals surface area contributed by atoms with Gasteiger partial charge in [-0.05, 0) is 45.0 Å². The van der Waals surface area contributed by atoms with Crippen molar-refractivity contribution in [2.24, 2.45) is 0 Å². The zero-order valence-electron chi connectivity index (χ0n) is 17.1. The lowest BCUT2D eigenvalue weighted by molar-refractivity contribution is -0.150. The molecule has 158 valence electrons. The van der Waals surface area contributed by atoms with Gasteiger partial charge in [-0.1, -0.05) is 30.3 Å². The van der Waals surface area contributed by atoms with Crippen molar-refractivity contribution in [3.05, 3.63) is 65.7 Å². The lowest BCUT2D eigenvalue weighted by Crippen LogP contribution is -2.49. The van der Waals surface area contributed by atoms with Gasteiger partial charge in [-0.25, -0.2) is 9.59 Å². The lowest BCUT2D eigenvalue weighted by Gasteiger charge is -2.20. The Labute approximate surface area is 174 Å². The predicted octanol–water partition coefficient (Wildman–Crippen LogP) is 2.46. The van der Waals surface area contributed by atoms with Gasteiger partial charge in [0.25, 0.3) is 5.91 Å². The van der Waals surface area contributed by atoms with E-state index in [-0.39, 0.29) is 5.78 Å². The van der Waals surface area contributed by atoms with Crippen molar-refractivity contribution in [2.45, 2.75) is 26.3 Å². The largest absolute Gasteiger partial charge is 0.482 e. The summed E-state index contributed by atoms with van der Waals surface area (Å²) in [7, 11) is 0. The van der Waals surface area contributed by atoms with Crippen LogP contribution >= 0.6 is 0 Å². The standard InChI is InChI=1S/C22H24N2O6/c1-22(2,3)24-21(28)23-18(25)13-30-19(26)14-29-17-11-9-16(10-12-17)20(27)15-7-5-4-6-8-15/h4-12H,13-14H2,1-3H3,(H2,23,24,25,28). The van der Waals surface area contributed by atoms with Crippen LogP contribution in [-0.2, 0) is 14.3 Å². The molecule has 0 saturated carbocycles. The Kier molecular flexibility index (Phi) is 7.69. The first-order valence-electron chi connectivity index (χ1n) is 9.24. The summed E-state index contributed by atoms with van der Waals surface area (Å²) in [5.41, 5.74) is 0.557. The van der Waals surface area contributed by atoms with Crippen molar-refractivity contribution in [1.82, 2.24) is 10.6 Å². The van der Waals surface area contributed by atoms with E-state index in [1.165, 1.54) is 0 Å². The predicted molar refractivity (Wildman–Crippen MR) is 109 cm³/mol. The normalized spacial score (nSPS) is 10.6. The van der Waals surface area contributed by atoms with E-state index >= 15 is 0 Å². The van der Waals surface area contributed by atoms with Crippen molar-refractivity contribution < 1.29 is 28.7 Å². The van der Waals surface area contributed by atoms with E-state index in [9.17, 15) is 19.2 Å². The van der Waals surface area contributed by atoms with Crippen LogP contribution in [0.3, 0.4) is 0 Å². The summed E-state index contributed by atoms with van der Waals surface area (Å²) in [4.78, 5) is 47.2. The molecule has 3 amide bonds. The number of nitrogens with one attached hydrogen (secondary N) is 2. The molecule has 0 fully saturated rings. The summed E-state index contributed by atoms with van der Waals surface area (Å²) in [5.74, 6) is -1.28. The molecule has 8 heteroatoms. The van der Waals surface area contributed by atoms with Gasteiger partial charge in [-0.2, -0.15) is 0 Å². The monoisotopic (exact) mass is 412 g/mol. The Morgan fingerprint density at radius 3 is 2.03 bits per heavy atom. The smallest absolute Gasteiger partial charge is 0.344 e. The second-order valence-corrected chi connectivity index (χ2v) is 7.42. The average molecular weight is 412 g/mol. The zero-order chi connectivity index (χ0) is 22.1. The molecule has 0 heterocycles. The number of ether oxygens (including phenoxy) is 2. The fourth-order valence-electron chi connectivity index (χ4n) is 2.32. The maximum Gasteiger partial charge on any atom is 0.344 e. The van der Waals surface area contributed by atoms with Gasteiger partial charge < -0.3 is 14.8 Å². The molecule has 0 saturated heterocycles. The highest BCUT2D eigenvalue weighted by molar-refractivity contribution is 6.09. The average Bonchev–Trinajstić information content (AvgIpc) is 2.69. The van der Waals surface area contributed by atoms with Crippen LogP contribution in [0, 0.1) is 0 Å². The van der Waals surface area contributed by atoms with Crippen molar-refractivity contribution in [2.75, 3.05) is 13.2 Å². The van der Waals surface area contributed by atoms with E-state index in [1.54, 1.807) is 69.3 Å². The molecule has 0 aliphatic heterocycles. The van der Waals surface area contributed by atoms with Gasteiger partial charge in [-0.3, -0.25) is 14.9 Å². The Morgan fingerprint density at radius 2 is 1.43 bits per heavy atom. The fraction of sp³-hybridized carbons (Fsp3) is 0.273. The maximum atomic E-state index is 12.3. The lowest BCUT2D eigenvalue weighted by atomic mass is 10.0. The number of hydrogen-bond acceptors (Lipinski definition) is 6. The third kappa shape index (κ3) is 7.75. The van der Waals surface area contributed by atoms with Gasteiger partial charge in [0.1, 0.15) is 5.75 Å². The number of carbonyl (C=O) groups excluding carboxylic acids is 4. The van der Waals surface area contributed by atoms with Crippen molar-refractivity contribution in [1.29, 1.82) is 0 Å². The molecule has 0 aliphatic rings. The molecule has 0 radical (unpaired) electrons. The first kappa shape index (κ1) is 22.6. The molecule has 2 aromatic carbocycles. The van der Waals surface area contributed by atoms with E-state index < -0.39 is 36.7 Å². The molecular weight excluding hydrogens is 388 g/mol. The highest BCUT2D eigenvalue weighted by atomic mass is 16.6. The summed E-state index contributed by atoms with van der Waals surface area (Å²) in [5, 5.41) is 4.60. The molecule has 0 aromatic heterocycles. The van der Waals surface area contributed by atoms with E-state index in [0.29, 0.717) is 16.9 Å². The number of carbonyl (C=O) groups is 4. The number of benzene rings is 2. The minimum absolute atomic E-state index is 0.122. The number of urea groups is 1. The highest BCUT2D eigenvalue weighted by Crippen LogP contribution is 2.15. The Balaban J connectivity index is 1.75. The molecule has 30 heavy (non-hydrogen) atoms.